The van der Waals surface area contributed by atoms with Gasteiger partial charge in [0, 0.05) is 5.92 Å². The van der Waals surface area contributed by atoms with Gasteiger partial charge >= 0.3 is 5.97 Å². The maximum absolute atomic E-state index is 10.5. The second-order valence-corrected chi connectivity index (χ2v) is 3.46. The summed E-state index contributed by atoms with van der Waals surface area (Å²) in [6.07, 6.45) is 0. The fourth-order valence-corrected chi connectivity index (χ4v) is 1.56. The molecule has 66 valence electrons. The van der Waals surface area contributed by atoms with Crippen molar-refractivity contribution in [1.82, 2.24) is 5.16 Å². The van der Waals surface area contributed by atoms with Crippen LogP contribution in [-0.4, -0.2) is 16.2 Å². The molecule has 0 bridgehead atoms. The second kappa shape index (κ2) is 3.26. The van der Waals surface area contributed by atoms with Crippen LogP contribution in [0.25, 0.3) is 0 Å². The second-order valence-electron chi connectivity index (χ2n) is 2.67. The number of nitrogens with zero attached hydrogens (tertiary/aromatic N) is 1. The maximum atomic E-state index is 10.5. The monoisotopic (exact) mass is 233 g/mol. The molecule has 0 saturated heterocycles. The third-order valence-corrected chi connectivity index (χ3v) is 2.15. The van der Waals surface area contributed by atoms with Gasteiger partial charge in [-0.1, -0.05) is 19.0 Å². The van der Waals surface area contributed by atoms with Gasteiger partial charge in [-0.2, -0.15) is 0 Å². The maximum Gasteiger partial charge on any atom is 0.359 e. The summed E-state index contributed by atoms with van der Waals surface area (Å²) in [5.74, 6) is -0.398. The summed E-state index contributed by atoms with van der Waals surface area (Å²) in [4.78, 5) is 10.5. The summed E-state index contributed by atoms with van der Waals surface area (Å²) >= 11 is 3.12. The Kier molecular flexibility index (Phi) is 2.52. The lowest BCUT2D eigenvalue weighted by molar-refractivity contribution is 0.0684. The third-order valence-electron chi connectivity index (χ3n) is 1.39. The van der Waals surface area contributed by atoms with Crippen molar-refractivity contribution in [1.29, 1.82) is 0 Å². The minimum Gasteiger partial charge on any atom is -0.476 e. The largest absolute Gasteiger partial charge is 0.476 e. The summed E-state index contributed by atoms with van der Waals surface area (Å²) in [6, 6.07) is 0. The minimum absolute atomic E-state index is 0.0706. The van der Waals surface area contributed by atoms with Crippen LogP contribution in [0, 0.1) is 0 Å². The number of carbonyl (C=O) groups is 1. The molecule has 0 aromatic carbocycles. The SMILES string of the molecule is CC(C)c1onc(C(=O)O)c1Br. The Balaban J connectivity index is 3.13. The highest BCUT2D eigenvalue weighted by atomic mass is 79.9. The van der Waals surface area contributed by atoms with Crippen LogP contribution in [0.1, 0.15) is 36.0 Å². The van der Waals surface area contributed by atoms with Crippen molar-refractivity contribution in [2.24, 2.45) is 0 Å². The van der Waals surface area contributed by atoms with Crippen molar-refractivity contribution in [2.45, 2.75) is 19.8 Å². The molecule has 0 amide bonds. The quantitative estimate of drug-likeness (QED) is 0.852. The molecule has 0 aliphatic rings. The van der Waals surface area contributed by atoms with Gasteiger partial charge in [-0.25, -0.2) is 4.79 Å². The van der Waals surface area contributed by atoms with E-state index in [0.29, 0.717) is 10.2 Å². The van der Waals surface area contributed by atoms with E-state index in [0.717, 1.165) is 0 Å². The molecule has 1 heterocycles. The molecule has 0 atom stereocenters. The molecule has 0 radical (unpaired) electrons. The molecule has 0 saturated carbocycles. The Morgan fingerprint density at radius 2 is 2.25 bits per heavy atom. The summed E-state index contributed by atoms with van der Waals surface area (Å²) in [5.41, 5.74) is -0.0706. The molecule has 4 nitrogen and oxygen atoms in total. The minimum atomic E-state index is -1.09. The van der Waals surface area contributed by atoms with Crippen LogP contribution in [-0.2, 0) is 0 Å². The van der Waals surface area contributed by atoms with Crippen molar-refractivity contribution in [3.05, 3.63) is 15.9 Å². The molecule has 1 aromatic heterocycles. The average Bonchev–Trinajstić information content (AvgIpc) is 2.30. The van der Waals surface area contributed by atoms with Gasteiger partial charge in [0.2, 0.25) is 5.69 Å². The van der Waals surface area contributed by atoms with Crippen molar-refractivity contribution >= 4 is 21.9 Å². The first-order chi connectivity index (χ1) is 5.54. The average molecular weight is 234 g/mol. The van der Waals surface area contributed by atoms with E-state index in [-0.39, 0.29) is 11.6 Å². The highest BCUT2D eigenvalue weighted by Gasteiger charge is 2.20. The van der Waals surface area contributed by atoms with E-state index >= 15 is 0 Å². The molecule has 1 N–H and O–H groups in total. The Bertz CT molecular complexity index is 306. The summed E-state index contributed by atoms with van der Waals surface area (Å²) in [7, 11) is 0. The van der Waals surface area contributed by atoms with Crippen LogP contribution in [0.4, 0.5) is 0 Å². The van der Waals surface area contributed by atoms with Crippen LogP contribution in [0.15, 0.2) is 9.00 Å². The molecule has 0 fully saturated rings. The number of aromatic nitrogens is 1. The van der Waals surface area contributed by atoms with Gasteiger partial charge in [-0.3, -0.25) is 0 Å². The molecule has 5 heteroatoms. The molecule has 0 aliphatic heterocycles. The first kappa shape index (κ1) is 9.25. The number of hydrogen-bond donors (Lipinski definition) is 1. The number of halogens is 1. The summed E-state index contributed by atoms with van der Waals surface area (Å²) in [6.45, 7) is 3.80. The highest BCUT2D eigenvalue weighted by Crippen LogP contribution is 2.27. The zero-order chi connectivity index (χ0) is 9.30. The summed E-state index contributed by atoms with van der Waals surface area (Å²) < 4.78 is 5.28. The van der Waals surface area contributed by atoms with Gasteiger partial charge in [0.1, 0.15) is 0 Å². The molecule has 0 spiro atoms. The Hall–Kier alpha value is -0.840. The van der Waals surface area contributed by atoms with Crippen LogP contribution in [0.3, 0.4) is 0 Å². The zero-order valence-corrected chi connectivity index (χ0v) is 8.25. The lowest BCUT2D eigenvalue weighted by atomic mass is 10.1. The zero-order valence-electron chi connectivity index (χ0n) is 6.67. The van der Waals surface area contributed by atoms with Crippen molar-refractivity contribution in [3.63, 3.8) is 0 Å². The summed E-state index contributed by atoms with van der Waals surface area (Å²) in [5, 5.41) is 12.0. The lowest BCUT2D eigenvalue weighted by Gasteiger charge is -1.96. The molecule has 0 aliphatic carbocycles. The van der Waals surface area contributed by atoms with E-state index in [1.54, 1.807) is 0 Å². The van der Waals surface area contributed by atoms with Crippen LogP contribution < -0.4 is 0 Å². The standard InChI is InChI=1S/C7H8BrNO3/c1-3(2)6-4(8)5(7(10)11)9-12-6/h3H,1-2H3,(H,10,11). The molecule has 12 heavy (non-hydrogen) atoms. The topological polar surface area (TPSA) is 63.3 Å². The van der Waals surface area contributed by atoms with Crippen LogP contribution in [0.2, 0.25) is 0 Å². The number of rotatable bonds is 2. The highest BCUT2D eigenvalue weighted by molar-refractivity contribution is 9.10. The molecular formula is C7H8BrNO3. The van der Waals surface area contributed by atoms with Crippen LogP contribution in [0.5, 0.6) is 0 Å². The fourth-order valence-electron chi connectivity index (χ4n) is 0.783. The van der Waals surface area contributed by atoms with Gasteiger partial charge in [0.25, 0.3) is 0 Å². The van der Waals surface area contributed by atoms with E-state index in [1.807, 2.05) is 13.8 Å². The Morgan fingerprint density at radius 3 is 2.50 bits per heavy atom. The van der Waals surface area contributed by atoms with Crippen LogP contribution >= 0.6 is 15.9 Å². The fraction of sp³-hybridized carbons (Fsp3) is 0.429. The number of hydrogen-bond acceptors (Lipinski definition) is 3. The third kappa shape index (κ3) is 1.50. The van der Waals surface area contributed by atoms with E-state index in [2.05, 4.69) is 21.1 Å². The number of aromatic carboxylic acids is 1. The van der Waals surface area contributed by atoms with Gasteiger partial charge in [-0.05, 0) is 15.9 Å². The van der Waals surface area contributed by atoms with Gasteiger partial charge in [0.15, 0.2) is 5.76 Å². The number of carboxylic acids is 1. The van der Waals surface area contributed by atoms with Crippen molar-refractivity contribution in [2.75, 3.05) is 0 Å². The Morgan fingerprint density at radius 1 is 1.67 bits per heavy atom. The van der Waals surface area contributed by atoms with Crippen molar-refractivity contribution < 1.29 is 14.4 Å². The van der Waals surface area contributed by atoms with Gasteiger partial charge < -0.3 is 9.63 Å². The Labute approximate surface area is 77.7 Å². The number of carboxylic acid groups (broad SMARTS) is 1. The predicted octanol–water partition coefficient (Wildman–Crippen LogP) is 2.26. The predicted molar refractivity (Wildman–Crippen MR) is 45.3 cm³/mol. The van der Waals surface area contributed by atoms with E-state index < -0.39 is 5.97 Å². The molecule has 1 rings (SSSR count). The van der Waals surface area contributed by atoms with E-state index in [4.69, 9.17) is 9.63 Å². The van der Waals surface area contributed by atoms with Crippen molar-refractivity contribution in [3.8, 4) is 0 Å². The molecular weight excluding hydrogens is 226 g/mol. The van der Waals surface area contributed by atoms with Gasteiger partial charge in [-0.15, -0.1) is 0 Å². The molecule has 1 aromatic rings. The first-order valence-corrected chi connectivity index (χ1v) is 4.21. The van der Waals surface area contributed by atoms with E-state index in [9.17, 15) is 4.79 Å². The smallest absolute Gasteiger partial charge is 0.359 e. The van der Waals surface area contributed by atoms with Gasteiger partial charge in [0.05, 0.1) is 4.47 Å². The first-order valence-electron chi connectivity index (χ1n) is 3.42. The molecule has 0 unspecified atom stereocenters. The van der Waals surface area contributed by atoms with E-state index in [1.165, 1.54) is 0 Å². The lowest BCUT2D eigenvalue weighted by Crippen LogP contribution is -1.97. The normalized spacial score (nSPS) is 10.7.